The van der Waals surface area contributed by atoms with E-state index in [4.69, 9.17) is 5.11 Å². The Bertz CT molecular complexity index is 220. The van der Waals surface area contributed by atoms with Gasteiger partial charge in [0.1, 0.15) is 0 Å². The first-order valence-corrected chi connectivity index (χ1v) is 3.30. The molecule has 0 aromatic carbocycles. The fourth-order valence-electron chi connectivity index (χ4n) is 0.807. The van der Waals surface area contributed by atoms with E-state index in [-0.39, 0.29) is 0 Å². The third kappa shape index (κ3) is 1.54. The molecule has 1 rings (SSSR count). The minimum atomic E-state index is -0.410. The highest BCUT2D eigenvalue weighted by Crippen LogP contribution is 2.10. The second kappa shape index (κ2) is 2.80. The van der Waals surface area contributed by atoms with E-state index in [9.17, 15) is 0 Å². The largest absolute Gasteiger partial charge is 0.389 e. The molecule has 0 radical (unpaired) electrons. The van der Waals surface area contributed by atoms with E-state index in [0.717, 1.165) is 11.1 Å². The normalized spacial score (nSPS) is 13.1. The lowest BCUT2D eigenvalue weighted by molar-refractivity contribution is 0.199. The number of pyridine rings is 1. The Balaban J connectivity index is 2.96. The van der Waals surface area contributed by atoms with Crippen LogP contribution in [-0.2, 0) is 0 Å². The summed E-state index contributed by atoms with van der Waals surface area (Å²) in [6.07, 6.45) is 3.04. The van der Waals surface area contributed by atoms with Crippen LogP contribution in [-0.4, -0.2) is 10.1 Å². The average molecular weight is 137 g/mol. The fraction of sp³-hybridized carbons (Fsp3) is 0.375. The van der Waals surface area contributed by atoms with Crippen molar-refractivity contribution in [3.8, 4) is 0 Å². The van der Waals surface area contributed by atoms with Crippen molar-refractivity contribution in [1.29, 1.82) is 0 Å². The van der Waals surface area contributed by atoms with Gasteiger partial charge in [0.25, 0.3) is 0 Å². The Morgan fingerprint density at radius 3 is 2.60 bits per heavy atom. The van der Waals surface area contributed by atoms with Crippen molar-refractivity contribution in [2.45, 2.75) is 20.0 Å². The van der Waals surface area contributed by atoms with E-state index in [1.165, 1.54) is 0 Å². The highest BCUT2D eigenvalue weighted by molar-refractivity contribution is 5.17. The maximum Gasteiger partial charge on any atom is 0.0776 e. The average Bonchev–Trinajstić information content (AvgIpc) is 1.88. The van der Waals surface area contributed by atoms with E-state index in [1.807, 2.05) is 13.0 Å². The second-order valence-electron chi connectivity index (χ2n) is 2.47. The van der Waals surface area contributed by atoms with Crippen LogP contribution in [0.15, 0.2) is 18.5 Å². The number of aliphatic hydroxyl groups excluding tert-OH is 1. The lowest BCUT2D eigenvalue weighted by Gasteiger charge is -2.02. The zero-order chi connectivity index (χ0) is 7.56. The molecule has 1 heterocycles. The smallest absolute Gasteiger partial charge is 0.0776 e. The summed E-state index contributed by atoms with van der Waals surface area (Å²) < 4.78 is 0. The third-order valence-corrected chi connectivity index (χ3v) is 1.38. The van der Waals surface area contributed by atoms with Crippen molar-refractivity contribution in [3.05, 3.63) is 29.6 Å². The van der Waals surface area contributed by atoms with E-state index in [2.05, 4.69) is 4.98 Å². The van der Waals surface area contributed by atoms with Crippen molar-refractivity contribution in [3.63, 3.8) is 0 Å². The molecule has 0 fully saturated rings. The lowest BCUT2D eigenvalue weighted by atomic mass is 10.1. The molecule has 54 valence electrons. The maximum atomic E-state index is 9.11. The molecule has 2 nitrogen and oxygen atoms in total. The zero-order valence-electron chi connectivity index (χ0n) is 6.20. The molecule has 0 unspecified atom stereocenters. The third-order valence-electron chi connectivity index (χ3n) is 1.38. The first-order chi connectivity index (χ1) is 4.70. The highest BCUT2D eigenvalue weighted by atomic mass is 16.3. The summed E-state index contributed by atoms with van der Waals surface area (Å²) in [5, 5.41) is 9.11. The Labute approximate surface area is 60.5 Å². The van der Waals surface area contributed by atoms with Gasteiger partial charge in [0.15, 0.2) is 0 Å². The van der Waals surface area contributed by atoms with Gasteiger partial charge >= 0.3 is 0 Å². The lowest BCUT2D eigenvalue weighted by Crippen LogP contribution is -1.91. The van der Waals surface area contributed by atoms with E-state index in [0.29, 0.717) is 0 Å². The predicted octanol–water partition coefficient (Wildman–Crippen LogP) is 1.44. The minimum absolute atomic E-state index is 0.410. The van der Waals surface area contributed by atoms with Gasteiger partial charge in [0, 0.05) is 12.4 Å². The number of aryl methyl sites for hydroxylation is 1. The van der Waals surface area contributed by atoms with Gasteiger partial charge in [-0.25, -0.2) is 0 Å². The molecule has 1 atom stereocenters. The van der Waals surface area contributed by atoms with Crippen molar-refractivity contribution in [1.82, 2.24) is 4.98 Å². The van der Waals surface area contributed by atoms with Crippen LogP contribution in [0.2, 0.25) is 0 Å². The van der Waals surface area contributed by atoms with Crippen molar-refractivity contribution in [2.24, 2.45) is 0 Å². The van der Waals surface area contributed by atoms with Crippen LogP contribution in [0, 0.1) is 6.92 Å². The van der Waals surface area contributed by atoms with Gasteiger partial charge in [-0.1, -0.05) is 6.07 Å². The highest BCUT2D eigenvalue weighted by Gasteiger charge is 1.98. The minimum Gasteiger partial charge on any atom is -0.389 e. The molecule has 0 bridgehead atoms. The van der Waals surface area contributed by atoms with Crippen molar-refractivity contribution < 1.29 is 5.11 Å². The van der Waals surface area contributed by atoms with Gasteiger partial charge < -0.3 is 5.11 Å². The van der Waals surface area contributed by atoms with Crippen LogP contribution in [0.1, 0.15) is 24.2 Å². The molecule has 1 aromatic rings. The SMILES string of the molecule is Cc1cncc([C@@H](C)O)c1. The molecule has 0 amide bonds. The summed E-state index contributed by atoms with van der Waals surface area (Å²) in [5.74, 6) is 0. The molecule has 0 saturated carbocycles. The number of aromatic nitrogens is 1. The topological polar surface area (TPSA) is 33.1 Å². The Kier molecular flexibility index (Phi) is 2.02. The Morgan fingerprint density at radius 2 is 2.20 bits per heavy atom. The summed E-state index contributed by atoms with van der Waals surface area (Å²) in [6.45, 7) is 3.69. The Hall–Kier alpha value is -0.890. The molecule has 1 aromatic heterocycles. The van der Waals surface area contributed by atoms with Gasteiger partial charge in [-0.3, -0.25) is 4.98 Å². The number of nitrogens with zero attached hydrogens (tertiary/aromatic N) is 1. The number of hydrogen-bond acceptors (Lipinski definition) is 2. The van der Waals surface area contributed by atoms with Gasteiger partial charge in [-0.15, -0.1) is 0 Å². The first-order valence-electron chi connectivity index (χ1n) is 3.30. The molecular formula is C8H11NO. The summed E-state index contributed by atoms with van der Waals surface area (Å²) in [6, 6.07) is 1.93. The van der Waals surface area contributed by atoms with Crippen LogP contribution >= 0.6 is 0 Å². The summed E-state index contributed by atoms with van der Waals surface area (Å²) in [5.41, 5.74) is 1.96. The summed E-state index contributed by atoms with van der Waals surface area (Å²) in [4.78, 5) is 3.95. The standard InChI is InChI=1S/C8H11NO/c1-6-3-8(7(2)10)5-9-4-6/h3-5,7,10H,1-2H3/t7-/m1/s1. The number of rotatable bonds is 1. The van der Waals surface area contributed by atoms with Crippen LogP contribution in [0.3, 0.4) is 0 Å². The van der Waals surface area contributed by atoms with E-state index in [1.54, 1.807) is 19.3 Å². The molecule has 2 heteroatoms. The molecule has 0 aliphatic rings. The molecule has 10 heavy (non-hydrogen) atoms. The molecule has 0 aliphatic carbocycles. The van der Waals surface area contributed by atoms with Gasteiger partial charge in [0.2, 0.25) is 0 Å². The van der Waals surface area contributed by atoms with Gasteiger partial charge in [-0.2, -0.15) is 0 Å². The number of aliphatic hydroxyl groups is 1. The molecule has 1 N–H and O–H groups in total. The van der Waals surface area contributed by atoms with E-state index >= 15 is 0 Å². The second-order valence-corrected chi connectivity index (χ2v) is 2.47. The van der Waals surface area contributed by atoms with Gasteiger partial charge in [-0.05, 0) is 25.0 Å². The molecule has 0 saturated heterocycles. The van der Waals surface area contributed by atoms with Gasteiger partial charge in [0.05, 0.1) is 6.10 Å². The quantitative estimate of drug-likeness (QED) is 0.635. The number of hydrogen-bond donors (Lipinski definition) is 1. The van der Waals surface area contributed by atoms with E-state index < -0.39 is 6.10 Å². The molecule has 0 spiro atoms. The van der Waals surface area contributed by atoms with Crippen LogP contribution in [0.25, 0.3) is 0 Å². The van der Waals surface area contributed by atoms with Crippen LogP contribution in [0.4, 0.5) is 0 Å². The monoisotopic (exact) mass is 137 g/mol. The fourth-order valence-corrected chi connectivity index (χ4v) is 0.807. The van der Waals surface area contributed by atoms with Crippen LogP contribution in [0.5, 0.6) is 0 Å². The van der Waals surface area contributed by atoms with Crippen molar-refractivity contribution >= 4 is 0 Å². The zero-order valence-corrected chi connectivity index (χ0v) is 6.20. The molecule has 0 aliphatic heterocycles. The first kappa shape index (κ1) is 7.22. The predicted molar refractivity (Wildman–Crippen MR) is 39.6 cm³/mol. The Morgan fingerprint density at radius 1 is 1.50 bits per heavy atom. The van der Waals surface area contributed by atoms with Crippen molar-refractivity contribution in [2.75, 3.05) is 0 Å². The molecular weight excluding hydrogens is 126 g/mol. The summed E-state index contributed by atoms with van der Waals surface area (Å²) >= 11 is 0. The van der Waals surface area contributed by atoms with Crippen LogP contribution < -0.4 is 0 Å². The maximum absolute atomic E-state index is 9.11. The summed E-state index contributed by atoms with van der Waals surface area (Å²) in [7, 11) is 0.